The standard InChI is InChI=1S/C18H17N3O/c1-2-11-20-16-9-5-6-10-17(16)21(18(20)22)13-15-8-4-3-7-14(15)12-19/h3-10H,2,11,13H2,1H3. The highest BCUT2D eigenvalue weighted by Crippen LogP contribution is 2.16. The number of hydrogen-bond acceptors (Lipinski definition) is 2. The fraction of sp³-hybridized carbons (Fsp3) is 0.222. The van der Waals surface area contributed by atoms with Crippen molar-refractivity contribution >= 4 is 11.0 Å². The van der Waals surface area contributed by atoms with Crippen LogP contribution in [0.25, 0.3) is 11.0 Å². The Balaban J connectivity index is 2.17. The molecule has 0 aliphatic heterocycles. The molecule has 0 saturated heterocycles. The average molecular weight is 291 g/mol. The van der Waals surface area contributed by atoms with Gasteiger partial charge in [-0.15, -0.1) is 0 Å². The van der Waals surface area contributed by atoms with Crippen LogP contribution >= 0.6 is 0 Å². The SMILES string of the molecule is CCCn1c(=O)n(Cc2ccccc2C#N)c2ccccc21. The third kappa shape index (κ3) is 2.31. The van der Waals surface area contributed by atoms with Crippen LogP contribution in [0.4, 0.5) is 0 Å². The van der Waals surface area contributed by atoms with Crippen LogP contribution in [0.3, 0.4) is 0 Å². The number of rotatable bonds is 4. The van der Waals surface area contributed by atoms with E-state index in [0.717, 1.165) is 23.0 Å². The van der Waals surface area contributed by atoms with Gasteiger partial charge in [0.15, 0.2) is 0 Å². The number of benzene rings is 2. The molecule has 1 heterocycles. The molecule has 0 N–H and O–H groups in total. The highest BCUT2D eigenvalue weighted by molar-refractivity contribution is 5.76. The third-order valence-electron chi connectivity index (χ3n) is 3.84. The topological polar surface area (TPSA) is 50.7 Å². The first kappa shape index (κ1) is 14.2. The number of imidazole rings is 1. The Morgan fingerprint density at radius 3 is 2.32 bits per heavy atom. The summed E-state index contributed by atoms with van der Waals surface area (Å²) in [7, 11) is 0. The number of nitriles is 1. The first-order valence-electron chi connectivity index (χ1n) is 7.42. The smallest absolute Gasteiger partial charge is 0.292 e. The third-order valence-corrected chi connectivity index (χ3v) is 3.84. The molecule has 2 aromatic carbocycles. The predicted molar refractivity (Wildman–Crippen MR) is 86.7 cm³/mol. The van der Waals surface area contributed by atoms with E-state index in [2.05, 4.69) is 13.0 Å². The Labute approximate surface area is 128 Å². The van der Waals surface area contributed by atoms with Gasteiger partial charge in [-0.1, -0.05) is 37.3 Å². The Hall–Kier alpha value is -2.80. The van der Waals surface area contributed by atoms with Crippen molar-refractivity contribution in [1.82, 2.24) is 9.13 Å². The van der Waals surface area contributed by atoms with Gasteiger partial charge in [-0.3, -0.25) is 9.13 Å². The lowest BCUT2D eigenvalue weighted by molar-refractivity contribution is 0.638. The van der Waals surface area contributed by atoms with Crippen molar-refractivity contribution in [2.45, 2.75) is 26.4 Å². The molecule has 0 radical (unpaired) electrons. The van der Waals surface area contributed by atoms with Gasteiger partial charge in [0.25, 0.3) is 0 Å². The van der Waals surface area contributed by atoms with E-state index < -0.39 is 0 Å². The van der Waals surface area contributed by atoms with Crippen LogP contribution in [0.1, 0.15) is 24.5 Å². The molecule has 3 rings (SSSR count). The van der Waals surface area contributed by atoms with Gasteiger partial charge in [0.05, 0.1) is 29.2 Å². The summed E-state index contributed by atoms with van der Waals surface area (Å²) in [6.07, 6.45) is 0.905. The Morgan fingerprint density at radius 2 is 1.64 bits per heavy atom. The molecular formula is C18H17N3O. The number of nitrogens with zero attached hydrogens (tertiary/aromatic N) is 3. The predicted octanol–water partition coefficient (Wildman–Crippen LogP) is 3.13. The first-order valence-corrected chi connectivity index (χ1v) is 7.42. The second-order valence-electron chi connectivity index (χ2n) is 5.28. The Morgan fingerprint density at radius 1 is 1.00 bits per heavy atom. The molecule has 0 bridgehead atoms. The summed E-state index contributed by atoms with van der Waals surface area (Å²) in [4.78, 5) is 12.7. The molecule has 0 saturated carbocycles. The van der Waals surface area contributed by atoms with Crippen LogP contribution < -0.4 is 5.69 Å². The van der Waals surface area contributed by atoms with E-state index in [1.807, 2.05) is 47.0 Å². The zero-order valence-electron chi connectivity index (χ0n) is 12.5. The van der Waals surface area contributed by atoms with Crippen molar-refractivity contribution in [3.8, 4) is 6.07 Å². The van der Waals surface area contributed by atoms with Crippen LogP contribution in [0.15, 0.2) is 53.3 Å². The summed E-state index contributed by atoms with van der Waals surface area (Å²) >= 11 is 0. The van der Waals surface area contributed by atoms with Crippen molar-refractivity contribution in [2.24, 2.45) is 0 Å². The largest absolute Gasteiger partial charge is 0.329 e. The first-order chi connectivity index (χ1) is 10.8. The summed E-state index contributed by atoms with van der Waals surface area (Å²) in [6, 6.07) is 17.4. The van der Waals surface area contributed by atoms with Gasteiger partial charge in [0.2, 0.25) is 0 Å². The minimum atomic E-state index is -0.0178. The zero-order valence-corrected chi connectivity index (χ0v) is 12.5. The second-order valence-corrected chi connectivity index (χ2v) is 5.28. The van der Waals surface area contributed by atoms with E-state index in [1.165, 1.54) is 0 Å². The summed E-state index contributed by atoms with van der Waals surface area (Å²) in [5, 5.41) is 9.23. The van der Waals surface area contributed by atoms with E-state index in [1.54, 1.807) is 10.6 Å². The Kier molecular flexibility index (Phi) is 3.80. The van der Waals surface area contributed by atoms with E-state index >= 15 is 0 Å². The van der Waals surface area contributed by atoms with Gasteiger partial charge in [-0.25, -0.2) is 4.79 Å². The van der Waals surface area contributed by atoms with Crippen molar-refractivity contribution in [3.63, 3.8) is 0 Å². The molecule has 0 atom stereocenters. The molecule has 0 amide bonds. The molecule has 4 nitrogen and oxygen atoms in total. The van der Waals surface area contributed by atoms with Crippen LogP contribution in [-0.2, 0) is 13.1 Å². The van der Waals surface area contributed by atoms with Crippen molar-refractivity contribution < 1.29 is 0 Å². The van der Waals surface area contributed by atoms with Gasteiger partial charge in [-0.2, -0.15) is 5.26 Å². The van der Waals surface area contributed by atoms with Gasteiger partial charge in [-0.05, 0) is 30.2 Å². The van der Waals surface area contributed by atoms with Crippen LogP contribution in [0.2, 0.25) is 0 Å². The molecule has 1 aromatic heterocycles. The van der Waals surface area contributed by atoms with Gasteiger partial charge >= 0.3 is 5.69 Å². The fourth-order valence-electron chi connectivity index (χ4n) is 2.80. The minimum absolute atomic E-state index is 0.0178. The zero-order chi connectivity index (χ0) is 15.5. The highest BCUT2D eigenvalue weighted by atomic mass is 16.1. The maximum atomic E-state index is 12.7. The quantitative estimate of drug-likeness (QED) is 0.741. The lowest BCUT2D eigenvalue weighted by Gasteiger charge is -2.05. The van der Waals surface area contributed by atoms with Gasteiger partial charge in [0.1, 0.15) is 0 Å². The van der Waals surface area contributed by atoms with Crippen molar-refractivity contribution in [3.05, 3.63) is 70.1 Å². The van der Waals surface area contributed by atoms with Gasteiger partial charge < -0.3 is 0 Å². The second kappa shape index (κ2) is 5.90. The molecule has 0 aliphatic carbocycles. The summed E-state index contributed by atoms with van der Waals surface area (Å²) < 4.78 is 3.56. The number of aromatic nitrogens is 2. The average Bonchev–Trinajstić information content (AvgIpc) is 2.82. The maximum Gasteiger partial charge on any atom is 0.329 e. The lowest BCUT2D eigenvalue weighted by Crippen LogP contribution is -2.25. The number of aryl methyl sites for hydroxylation is 1. The molecule has 0 fully saturated rings. The van der Waals surface area contributed by atoms with Crippen molar-refractivity contribution in [2.75, 3.05) is 0 Å². The molecular weight excluding hydrogens is 274 g/mol. The summed E-state index contributed by atoms with van der Waals surface area (Å²) in [6.45, 7) is 3.18. The summed E-state index contributed by atoms with van der Waals surface area (Å²) in [5.74, 6) is 0. The van der Waals surface area contributed by atoms with Crippen molar-refractivity contribution in [1.29, 1.82) is 5.26 Å². The monoisotopic (exact) mass is 291 g/mol. The molecule has 110 valence electrons. The molecule has 22 heavy (non-hydrogen) atoms. The molecule has 0 spiro atoms. The number of hydrogen-bond donors (Lipinski definition) is 0. The van der Waals surface area contributed by atoms with Crippen LogP contribution in [0, 0.1) is 11.3 Å². The molecule has 3 aromatic rings. The normalized spacial score (nSPS) is 10.7. The summed E-state index contributed by atoms with van der Waals surface area (Å²) in [5.41, 5.74) is 3.32. The molecule has 0 aliphatic rings. The molecule has 4 heteroatoms. The molecule has 0 unspecified atom stereocenters. The Bertz CT molecular complexity index is 912. The van der Waals surface area contributed by atoms with Gasteiger partial charge in [0, 0.05) is 6.54 Å². The lowest BCUT2D eigenvalue weighted by atomic mass is 10.1. The van der Waals surface area contributed by atoms with Crippen LogP contribution in [0.5, 0.6) is 0 Å². The number of para-hydroxylation sites is 2. The van der Waals surface area contributed by atoms with E-state index in [9.17, 15) is 10.1 Å². The van der Waals surface area contributed by atoms with E-state index in [0.29, 0.717) is 18.7 Å². The fourth-order valence-corrected chi connectivity index (χ4v) is 2.80. The highest BCUT2D eigenvalue weighted by Gasteiger charge is 2.13. The number of fused-ring (bicyclic) bond motifs is 1. The minimum Gasteiger partial charge on any atom is -0.292 e. The van der Waals surface area contributed by atoms with E-state index in [4.69, 9.17) is 0 Å². The van der Waals surface area contributed by atoms with Crippen LogP contribution in [-0.4, -0.2) is 9.13 Å². The van der Waals surface area contributed by atoms with E-state index in [-0.39, 0.29) is 5.69 Å². The maximum absolute atomic E-state index is 12.7.